The van der Waals surface area contributed by atoms with Gasteiger partial charge >= 0.3 is 0 Å². The minimum absolute atomic E-state index is 0.0343. The number of para-hydroxylation sites is 1. The summed E-state index contributed by atoms with van der Waals surface area (Å²) >= 11 is 0. The van der Waals surface area contributed by atoms with Crippen LogP contribution < -0.4 is 5.56 Å². The fourth-order valence-electron chi connectivity index (χ4n) is 3.98. The van der Waals surface area contributed by atoms with Crippen LogP contribution in [0.25, 0.3) is 16.6 Å². The van der Waals surface area contributed by atoms with Gasteiger partial charge in [-0.2, -0.15) is 10.2 Å². The first-order valence-corrected chi connectivity index (χ1v) is 10.3. The van der Waals surface area contributed by atoms with Gasteiger partial charge in [0.2, 0.25) is 5.91 Å². The van der Waals surface area contributed by atoms with E-state index in [4.69, 9.17) is 0 Å². The number of fused-ring (bicyclic) bond motifs is 1. The van der Waals surface area contributed by atoms with Crippen LogP contribution in [0.15, 0.2) is 35.3 Å². The highest BCUT2D eigenvalue weighted by Crippen LogP contribution is 2.24. The molecule has 7 nitrogen and oxygen atoms in total. The largest absolute Gasteiger partial charge is 0.341 e. The molecule has 1 aliphatic rings. The Morgan fingerprint density at radius 1 is 1.14 bits per heavy atom. The zero-order valence-electron chi connectivity index (χ0n) is 17.3. The first-order chi connectivity index (χ1) is 14.0. The Kier molecular flexibility index (Phi) is 5.22. The van der Waals surface area contributed by atoms with Gasteiger partial charge in [-0.15, -0.1) is 0 Å². The van der Waals surface area contributed by atoms with E-state index in [1.54, 1.807) is 10.9 Å². The van der Waals surface area contributed by atoms with E-state index in [9.17, 15) is 9.59 Å². The molecule has 7 heteroatoms. The molecular weight excluding hydrogens is 366 g/mol. The fourth-order valence-corrected chi connectivity index (χ4v) is 3.98. The fraction of sp³-hybridized carbons (Fsp3) is 0.455. The Morgan fingerprint density at radius 3 is 2.55 bits per heavy atom. The first-order valence-electron chi connectivity index (χ1n) is 10.3. The lowest BCUT2D eigenvalue weighted by molar-refractivity contribution is -0.133. The third-order valence-corrected chi connectivity index (χ3v) is 5.59. The lowest BCUT2D eigenvalue weighted by Crippen LogP contribution is -2.40. The molecule has 2 aromatic heterocycles. The van der Waals surface area contributed by atoms with E-state index in [2.05, 4.69) is 10.2 Å². The topological polar surface area (TPSA) is 73.0 Å². The van der Waals surface area contributed by atoms with E-state index in [0.717, 1.165) is 54.7 Å². The number of carbonyl (C=O) groups excluding carboxylic acids is 1. The number of piperidine rings is 1. The minimum Gasteiger partial charge on any atom is -0.341 e. The average Bonchev–Trinajstić information content (AvgIpc) is 3.16. The molecule has 29 heavy (non-hydrogen) atoms. The van der Waals surface area contributed by atoms with Crippen molar-refractivity contribution in [2.24, 2.45) is 0 Å². The van der Waals surface area contributed by atoms with E-state index >= 15 is 0 Å². The third-order valence-electron chi connectivity index (χ3n) is 5.59. The summed E-state index contributed by atoms with van der Waals surface area (Å²) in [6.45, 7) is 7.55. The molecule has 0 aliphatic carbocycles. The molecule has 0 radical (unpaired) electrons. The number of likely N-dealkylation sites (tertiary alicyclic amines) is 1. The Hall–Kier alpha value is -2.96. The first kappa shape index (κ1) is 19.4. The molecule has 0 atom stereocenters. The predicted molar refractivity (Wildman–Crippen MR) is 112 cm³/mol. The molecule has 1 saturated heterocycles. The quantitative estimate of drug-likeness (QED) is 0.683. The summed E-state index contributed by atoms with van der Waals surface area (Å²) in [7, 11) is 0. The van der Waals surface area contributed by atoms with Crippen molar-refractivity contribution in [2.75, 3.05) is 13.1 Å². The van der Waals surface area contributed by atoms with Crippen molar-refractivity contribution in [2.45, 2.75) is 52.5 Å². The molecule has 4 rings (SSSR count). The molecule has 0 bridgehead atoms. The van der Waals surface area contributed by atoms with Crippen LogP contribution in [-0.4, -0.2) is 43.5 Å². The third kappa shape index (κ3) is 3.57. The van der Waals surface area contributed by atoms with E-state index in [1.807, 2.05) is 49.9 Å². The lowest BCUT2D eigenvalue weighted by Gasteiger charge is -2.26. The van der Waals surface area contributed by atoms with E-state index in [-0.39, 0.29) is 23.9 Å². The van der Waals surface area contributed by atoms with Crippen molar-refractivity contribution in [1.82, 2.24) is 24.5 Å². The number of hydrogen-bond acceptors (Lipinski definition) is 4. The highest BCUT2D eigenvalue weighted by atomic mass is 16.2. The van der Waals surface area contributed by atoms with Crippen LogP contribution in [0.4, 0.5) is 0 Å². The zero-order chi connectivity index (χ0) is 20.5. The second kappa shape index (κ2) is 7.81. The maximum Gasteiger partial charge on any atom is 0.293 e. The Bertz CT molecular complexity index is 1110. The van der Waals surface area contributed by atoms with Gasteiger partial charge in [-0.1, -0.05) is 32.0 Å². The zero-order valence-corrected chi connectivity index (χ0v) is 17.3. The van der Waals surface area contributed by atoms with Crippen LogP contribution in [0.1, 0.15) is 50.3 Å². The monoisotopic (exact) mass is 393 g/mol. The maximum atomic E-state index is 13.4. The number of carbonyl (C=O) groups is 1. The van der Waals surface area contributed by atoms with Gasteiger partial charge in [0, 0.05) is 18.5 Å². The minimum atomic E-state index is -0.282. The van der Waals surface area contributed by atoms with Gasteiger partial charge < -0.3 is 4.90 Å². The molecule has 3 aromatic rings. The summed E-state index contributed by atoms with van der Waals surface area (Å²) in [6, 6.07) is 7.83. The average molecular weight is 393 g/mol. The molecule has 0 N–H and O–H groups in total. The van der Waals surface area contributed by atoms with Crippen molar-refractivity contribution in [3.05, 3.63) is 52.1 Å². The maximum absolute atomic E-state index is 13.4. The van der Waals surface area contributed by atoms with Crippen molar-refractivity contribution in [1.29, 1.82) is 0 Å². The van der Waals surface area contributed by atoms with Crippen molar-refractivity contribution in [3.8, 4) is 5.69 Å². The molecule has 152 valence electrons. The molecular formula is C22H27N5O2. The van der Waals surface area contributed by atoms with Gasteiger partial charge in [-0.3, -0.25) is 9.59 Å². The molecule has 1 aliphatic heterocycles. The van der Waals surface area contributed by atoms with Crippen LogP contribution in [-0.2, 0) is 11.3 Å². The van der Waals surface area contributed by atoms with Gasteiger partial charge in [0.1, 0.15) is 12.1 Å². The molecule has 1 aromatic carbocycles. The molecule has 1 fully saturated rings. The highest BCUT2D eigenvalue weighted by Gasteiger charge is 2.22. The highest BCUT2D eigenvalue weighted by molar-refractivity contribution is 5.83. The van der Waals surface area contributed by atoms with E-state index in [0.29, 0.717) is 5.52 Å². The summed E-state index contributed by atoms with van der Waals surface area (Å²) in [6.07, 6.45) is 4.90. The normalized spacial score (nSPS) is 14.7. The van der Waals surface area contributed by atoms with E-state index in [1.165, 1.54) is 4.68 Å². The SMILES string of the molecule is Cc1ccccc1-n1ncc2c(C(C)C)nn(CC(=O)N3CCCCC3)c(=O)c21. The Labute approximate surface area is 169 Å². The number of aromatic nitrogens is 4. The summed E-state index contributed by atoms with van der Waals surface area (Å²) < 4.78 is 3.01. The van der Waals surface area contributed by atoms with Crippen LogP contribution in [0.5, 0.6) is 0 Å². The van der Waals surface area contributed by atoms with Crippen LogP contribution in [0.3, 0.4) is 0 Å². The summed E-state index contributed by atoms with van der Waals surface area (Å²) in [5.41, 5.74) is 2.86. The van der Waals surface area contributed by atoms with Crippen molar-refractivity contribution in [3.63, 3.8) is 0 Å². The smallest absolute Gasteiger partial charge is 0.293 e. The van der Waals surface area contributed by atoms with Crippen molar-refractivity contribution < 1.29 is 4.79 Å². The Balaban J connectivity index is 1.84. The van der Waals surface area contributed by atoms with Gasteiger partial charge in [0.15, 0.2) is 0 Å². The number of nitrogens with zero attached hydrogens (tertiary/aromatic N) is 5. The lowest BCUT2D eigenvalue weighted by atomic mass is 10.1. The van der Waals surface area contributed by atoms with Crippen LogP contribution in [0, 0.1) is 6.92 Å². The second-order valence-electron chi connectivity index (χ2n) is 8.05. The van der Waals surface area contributed by atoms with Crippen LogP contribution >= 0.6 is 0 Å². The number of rotatable bonds is 4. The molecule has 3 heterocycles. The molecule has 0 spiro atoms. The number of amides is 1. The molecule has 0 unspecified atom stereocenters. The van der Waals surface area contributed by atoms with Crippen LogP contribution in [0.2, 0.25) is 0 Å². The number of aryl methyl sites for hydroxylation is 1. The standard InChI is InChI=1S/C22H27N5O2/c1-15(2)20-17-13-23-27(18-10-6-5-9-16(18)3)21(17)22(29)26(24-20)14-19(28)25-11-7-4-8-12-25/h5-6,9-10,13,15H,4,7-8,11-12,14H2,1-3H3. The van der Waals surface area contributed by atoms with Gasteiger partial charge in [0.05, 0.1) is 17.6 Å². The second-order valence-corrected chi connectivity index (χ2v) is 8.05. The summed E-state index contributed by atoms with van der Waals surface area (Å²) in [4.78, 5) is 28.0. The Morgan fingerprint density at radius 2 is 1.86 bits per heavy atom. The van der Waals surface area contributed by atoms with Gasteiger partial charge in [-0.25, -0.2) is 9.36 Å². The summed E-state index contributed by atoms with van der Waals surface area (Å²) in [5.74, 6) is 0.0549. The number of benzene rings is 1. The van der Waals surface area contributed by atoms with Gasteiger partial charge in [-0.05, 0) is 43.7 Å². The number of hydrogen-bond donors (Lipinski definition) is 0. The van der Waals surface area contributed by atoms with E-state index < -0.39 is 0 Å². The van der Waals surface area contributed by atoms with Gasteiger partial charge in [0.25, 0.3) is 5.56 Å². The molecule has 1 amide bonds. The summed E-state index contributed by atoms with van der Waals surface area (Å²) in [5, 5.41) is 9.82. The molecule has 0 saturated carbocycles. The predicted octanol–water partition coefficient (Wildman–Crippen LogP) is 3.03. The van der Waals surface area contributed by atoms with Crippen molar-refractivity contribution >= 4 is 16.8 Å².